The van der Waals surface area contributed by atoms with Crippen LogP contribution >= 0.6 is 11.8 Å². The van der Waals surface area contributed by atoms with Crippen molar-refractivity contribution in [3.05, 3.63) is 59.9 Å². The average Bonchev–Trinajstić information content (AvgIpc) is 3.52. The maximum atomic E-state index is 12.8. The van der Waals surface area contributed by atoms with Crippen LogP contribution in [0.25, 0.3) is 0 Å². The molecular formula is C21H21FN2O4S. The van der Waals surface area contributed by atoms with Crippen LogP contribution in [-0.4, -0.2) is 36.2 Å². The Hall–Kier alpha value is -2.87. The Kier molecular flexibility index (Phi) is 7.24. The van der Waals surface area contributed by atoms with E-state index in [2.05, 4.69) is 10.6 Å². The van der Waals surface area contributed by atoms with E-state index in [1.807, 2.05) is 0 Å². The summed E-state index contributed by atoms with van der Waals surface area (Å²) in [7, 11) is 0. The van der Waals surface area contributed by atoms with E-state index >= 15 is 0 Å². The highest BCUT2D eigenvalue weighted by Gasteiger charge is 2.23. The maximum Gasteiger partial charge on any atom is 0.307 e. The number of anilines is 1. The van der Waals surface area contributed by atoms with Gasteiger partial charge in [-0.15, -0.1) is 11.8 Å². The van der Waals surface area contributed by atoms with Crippen molar-refractivity contribution in [1.82, 2.24) is 5.32 Å². The third-order valence-corrected chi connectivity index (χ3v) is 5.09. The van der Waals surface area contributed by atoms with E-state index in [0.29, 0.717) is 17.0 Å². The van der Waals surface area contributed by atoms with Crippen LogP contribution in [0.1, 0.15) is 29.6 Å². The number of halogens is 1. The van der Waals surface area contributed by atoms with Gasteiger partial charge in [0.1, 0.15) is 5.82 Å². The minimum absolute atomic E-state index is 0.131. The van der Waals surface area contributed by atoms with Crippen LogP contribution in [-0.2, 0) is 14.3 Å². The summed E-state index contributed by atoms with van der Waals surface area (Å²) in [5.74, 6) is -0.997. The number of hydrogen-bond donors (Lipinski definition) is 2. The number of thioether (sulfide) groups is 1. The average molecular weight is 416 g/mol. The van der Waals surface area contributed by atoms with Crippen molar-refractivity contribution in [3.8, 4) is 0 Å². The minimum atomic E-state index is -0.493. The summed E-state index contributed by atoms with van der Waals surface area (Å²) in [5, 5.41) is 5.50. The minimum Gasteiger partial charge on any atom is -0.456 e. The fourth-order valence-corrected chi connectivity index (χ4v) is 3.27. The SMILES string of the molecule is O=C(COC(=O)CCSc1ccc(F)cc1)Nc1cccc(C(=O)NC2CC2)c1. The number of hydrogen-bond acceptors (Lipinski definition) is 5. The lowest BCUT2D eigenvalue weighted by Crippen LogP contribution is -2.25. The van der Waals surface area contributed by atoms with Gasteiger partial charge in [0.25, 0.3) is 11.8 Å². The molecule has 3 rings (SSSR count). The normalized spacial score (nSPS) is 12.9. The largest absolute Gasteiger partial charge is 0.456 e. The van der Waals surface area contributed by atoms with E-state index in [-0.39, 0.29) is 24.2 Å². The first-order valence-corrected chi connectivity index (χ1v) is 10.2. The predicted octanol–water partition coefficient (Wildman–Crippen LogP) is 3.38. The number of carbonyl (C=O) groups is 3. The Morgan fingerprint density at radius 2 is 1.86 bits per heavy atom. The number of rotatable bonds is 9. The molecule has 0 heterocycles. The molecule has 152 valence electrons. The molecule has 1 aliphatic carbocycles. The summed E-state index contributed by atoms with van der Waals surface area (Å²) in [6.07, 6.45) is 2.12. The van der Waals surface area contributed by atoms with Crippen LogP contribution in [0.4, 0.5) is 10.1 Å². The maximum absolute atomic E-state index is 12.8. The molecule has 0 aliphatic heterocycles. The first-order valence-electron chi connectivity index (χ1n) is 9.24. The molecule has 2 amide bonds. The Morgan fingerprint density at radius 3 is 2.59 bits per heavy atom. The molecule has 0 bridgehead atoms. The highest BCUT2D eigenvalue weighted by atomic mass is 32.2. The first-order chi connectivity index (χ1) is 14.0. The predicted molar refractivity (Wildman–Crippen MR) is 108 cm³/mol. The van der Waals surface area contributed by atoms with Crippen molar-refractivity contribution in [2.24, 2.45) is 0 Å². The Labute approximate surface area is 172 Å². The molecule has 1 aliphatic rings. The molecule has 6 nitrogen and oxygen atoms in total. The van der Waals surface area contributed by atoms with Gasteiger partial charge in [0, 0.05) is 27.9 Å². The lowest BCUT2D eigenvalue weighted by Gasteiger charge is -2.08. The topological polar surface area (TPSA) is 84.5 Å². The summed E-state index contributed by atoms with van der Waals surface area (Å²) < 4.78 is 17.8. The molecule has 1 fully saturated rings. The van der Waals surface area contributed by atoms with Gasteiger partial charge in [-0.2, -0.15) is 0 Å². The van der Waals surface area contributed by atoms with Crippen molar-refractivity contribution >= 4 is 35.2 Å². The van der Waals surface area contributed by atoms with Crippen molar-refractivity contribution in [1.29, 1.82) is 0 Å². The zero-order chi connectivity index (χ0) is 20.6. The molecule has 0 spiro atoms. The van der Waals surface area contributed by atoms with E-state index in [1.54, 1.807) is 36.4 Å². The Balaban J connectivity index is 1.37. The van der Waals surface area contributed by atoms with Gasteiger partial charge in [-0.1, -0.05) is 6.07 Å². The molecule has 1 saturated carbocycles. The number of amides is 2. The van der Waals surface area contributed by atoms with Crippen LogP contribution in [0.2, 0.25) is 0 Å². The summed E-state index contributed by atoms with van der Waals surface area (Å²) in [6, 6.07) is 12.8. The van der Waals surface area contributed by atoms with Crippen LogP contribution in [0, 0.1) is 5.82 Å². The molecule has 0 atom stereocenters. The zero-order valence-electron chi connectivity index (χ0n) is 15.7. The van der Waals surface area contributed by atoms with E-state index in [4.69, 9.17) is 4.74 Å². The van der Waals surface area contributed by atoms with Crippen LogP contribution in [0.3, 0.4) is 0 Å². The summed E-state index contributed by atoms with van der Waals surface area (Å²) in [5.41, 5.74) is 0.922. The van der Waals surface area contributed by atoms with Crippen molar-refractivity contribution in [2.45, 2.75) is 30.2 Å². The second-order valence-corrected chi connectivity index (χ2v) is 7.76. The molecule has 0 aromatic heterocycles. The van der Waals surface area contributed by atoms with E-state index in [9.17, 15) is 18.8 Å². The number of nitrogens with one attached hydrogen (secondary N) is 2. The standard InChI is InChI=1S/C21H21FN2O4S/c22-15-4-8-18(9-5-15)29-11-10-20(26)28-13-19(25)23-17-3-1-2-14(12-17)21(27)24-16-6-7-16/h1-5,8-9,12,16H,6-7,10-11,13H2,(H,23,25)(H,24,27). The molecule has 8 heteroatoms. The molecule has 0 saturated heterocycles. The van der Waals surface area contributed by atoms with Gasteiger partial charge < -0.3 is 15.4 Å². The molecule has 2 N–H and O–H groups in total. The van der Waals surface area contributed by atoms with Crippen LogP contribution in [0.15, 0.2) is 53.4 Å². The van der Waals surface area contributed by atoms with Gasteiger partial charge in [-0.05, 0) is 55.3 Å². The van der Waals surface area contributed by atoms with Gasteiger partial charge in [0.05, 0.1) is 6.42 Å². The van der Waals surface area contributed by atoms with E-state index in [1.165, 1.54) is 23.9 Å². The molecular weight excluding hydrogens is 395 g/mol. The number of benzene rings is 2. The Bertz CT molecular complexity index is 885. The van der Waals surface area contributed by atoms with E-state index < -0.39 is 18.5 Å². The third kappa shape index (κ3) is 7.23. The summed E-state index contributed by atoms with van der Waals surface area (Å²) >= 11 is 1.40. The highest BCUT2D eigenvalue weighted by molar-refractivity contribution is 7.99. The summed E-state index contributed by atoms with van der Waals surface area (Å²) in [6.45, 7) is -0.404. The number of ether oxygens (including phenoxy) is 1. The fraction of sp³-hybridized carbons (Fsp3) is 0.286. The molecule has 0 unspecified atom stereocenters. The monoisotopic (exact) mass is 416 g/mol. The van der Waals surface area contributed by atoms with Crippen molar-refractivity contribution in [3.63, 3.8) is 0 Å². The number of carbonyl (C=O) groups excluding carboxylic acids is 3. The summed E-state index contributed by atoms with van der Waals surface area (Å²) in [4.78, 5) is 36.7. The van der Waals surface area contributed by atoms with E-state index in [0.717, 1.165) is 17.7 Å². The van der Waals surface area contributed by atoms with Crippen molar-refractivity contribution in [2.75, 3.05) is 17.7 Å². The molecule has 0 radical (unpaired) electrons. The first kappa shape index (κ1) is 20.9. The lowest BCUT2D eigenvalue weighted by molar-refractivity contribution is -0.146. The smallest absolute Gasteiger partial charge is 0.307 e. The van der Waals surface area contributed by atoms with Crippen molar-refractivity contribution < 1.29 is 23.5 Å². The van der Waals surface area contributed by atoms with Gasteiger partial charge in [0.15, 0.2) is 6.61 Å². The van der Waals surface area contributed by atoms with Gasteiger partial charge in [-0.3, -0.25) is 14.4 Å². The van der Waals surface area contributed by atoms with Gasteiger partial charge in [-0.25, -0.2) is 4.39 Å². The second-order valence-electron chi connectivity index (χ2n) is 6.59. The highest BCUT2D eigenvalue weighted by Crippen LogP contribution is 2.20. The quantitative estimate of drug-likeness (QED) is 0.484. The molecule has 2 aromatic carbocycles. The van der Waals surface area contributed by atoms with Gasteiger partial charge >= 0.3 is 5.97 Å². The third-order valence-electron chi connectivity index (χ3n) is 4.07. The zero-order valence-corrected chi connectivity index (χ0v) is 16.5. The number of esters is 1. The second kappa shape index (κ2) is 10.1. The van der Waals surface area contributed by atoms with Gasteiger partial charge in [0.2, 0.25) is 0 Å². The van der Waals surface area contributed by atoms with Crippen LogP contribution < -0.4 is 10.6 Å². The Morgan fingerprint density at radius 1 is 1.10 bits per heavy atom. The molecule has 2 aromatic rings. The lowest BCUT2D eigenvalue weighted by atomic mass is 10.2. The van der Waals surface area contributed by atoms with Crippen LogP contribution in [0.5, 0.6) is 0 Å². The molecule has 29 heavy (non-hydrogen) atoms. The fourth-order valence-electron chi connectivity index (χ4n) is 2.43.